The maximum atomic E-state index is 12.0. The summed E-state index contributed by atoms with van der Waals surface area (Å²) >= 11 is 0. The molecule has 0 radical (unpaired) electrons. The number of carboxylic acids is 1. The molecule has 2 rings (SSSR count). The Bertz CT molecular complexity index is 668. The van der Waals surface area contributed by atoms with Crippen molar-refractivity contribution in [1.82, 2.24) is 9.78 Å². The largest absolute Gasteiger partial charge is 0.481 e. The SMILES string of the molecule is Cc1ccccc1-c1[nH]n(C)c(=O)c1CCC(=O)O. The average Bonchev–Trinajstić information content (AvgIpc) is 2.64. The van der Waals surface area contributed by atoms with Crippen molar-refractivity contribution in [3.63, 3.8) is 0 Å². The molecule has 0 amide bonds. The predicted molar refractivity (Wildman–Crippen MR) is 72.2 cm³/mol. The summed E-state index contributed by atoms with van der Waals surface area (Å²) in [6.45, 7) is 1.96. The monoisotopic (exact) mass is 260 g/mol. The molecule has 0 unspecified atom stereocenters. The lowest BCUT2D eigenvalue weighted by molar-refractivity contribution is -0.136. The lowest BCUT2D eigenvalue weighted by atomic mass is 10.0. The van der Waals surface area contributed by atoms with Crippen LogP contribution in [0.5, 0.6) is 0 Å². The van der Waals surface area contributed by atoms with Crippen LogP contribution < -0.4 is 5.56 Å². The van der Waals surface area contributed by atoms with Gasteiger partial charge in [0.25, 0.3) is 5.56 Å². The first-order valence-electron chi connectivity index (χ1n) is 6.06. The number of rotatable bonds is 4. The van der Waals surface area contributed by atoms with Crippen LogP contribution in [0.15, 0.2) is 29.1 Å². The van der Waals surface area contributed by atoms with Crippen molar-refractivity contribution < 1.29 is 9.90 Å². The van der Waals surface area contributed by atoms with Gasteiger partial charge in [0.2, 0.25) is 0 Å². The lowest BCUT2D eigenvalue weighted by Gasteiger charge is -2.05. The molecule has 0 aliphatic carbocycles. The molecule has 0 fully saturated rings. The van der Waals surface area contributed by atoms with Gasteiger partial charge in [-0.3, -0.25) is 19.4 Å². The molecule has 0 aliphatic heterocycles. The minimum absolute atomic E-state index is 0.0496. The third-order valence-corrected chi connectivity index (χ3v) is 3.15. The number of carboxylic acid groups (broad SMARTS) is 1. The van der Waals surface area contributed by atoms with Gasteiger partial charge < -0.3 is 5.11 Å². The second kappa shape index (κ2) is 5.14. The first-order valence-corrected chi connectivity index (χ1v) is 6.06. The number of hydrogen-bond acceptors (Lipinski definition) is 2. The molecule has 2 N–H and O–H groups in total. The maximum Gasteiger partial charge on any atom is 0.303 e. The second-order valence-electron chi connectivity index (χ2n) is 4.54. The molecule has 5 heteroatoms. The highest BCUT2D eigenvalue weighted by Crippen LogP contribution is 2.23. The zero-order chi connectivity index (χ0) is 14.0. The van der Waals surface area contributed by atoms with Gasteiger partial charge in [0.15, 0.2) is 0 Å². The number of hydrogen-bond donors (Lipinski definition) is 2. The van der Waals surface area contributed by atoms with Crippen LogP contribution in [0.3, 0.4) is 0 Å². The third kappa shape index (κ3) is 2.59. The van der Waals surface area contributed by atoms with Crippen molar-refractivity contribution in [2.24, 2.45) is 7.05 Å². The number of benzene rings is 1. The number of aromatic amines is 1. The van der Waals surface area contributed by atoms with E-state index in [9.17, 15) is 9.59 Å². The van der Waals surface area contributed by atoms with Crippen LogP contribution in [-0.4, -0.2) is 20.9 Å². The Labute approximate surface area is 110 Å². The van der Waals surface area contributed by atoms with Crippen LogP contribution in [0, 0.1) is 6.92 Å². The molecule has 0 spiro atoms. The number of nitrogens with one attached hydrogen (secondary N) is 1. The van der Waals surface area contributed by atoms with Crippen LogP contribution >= 0.6 is 0 Å². The number of aliphatic carboxylic acids is 1. The van der Waals surface area contributed by atoms with Gasteiger partial charge in [0.05, 0.1) is 5.69 Å². The number of nitrogens with zero attached hydrogens (tertiary/aromatic N) is 1. The normalized spacial score (nSPS) is 10.6. The van der Waals surface area contributed by atoms with E-state index in [1.807, 2.05) is 31.2 Å². The molecular weight excluding hydrogens is 244 g/mol. The number of H-pyrrole nitrogens is 1. The van der Waals surface area contributed by atoms with Gasteiger partial charge in [-0.15, -0.1) is 0 Å². The predicted octanol–water partition coefficient (Wildman–Crippen LogP) is 1.71. The molecule has 0 saturated carbocycles. The summed E-state index contributed by atoms with van der Waals surface area (Å²) in [7, 11) is 1.63. The summed E-state index contributed by atoms with van der Waals surface area (Å²) in [5, 5.41) is 11.8. The molecule has 5 nitrogen and oxygen atoms in total. The molecule has 0 atom stereocenters. The standard InChI is InChI=1S/C14H16N2O3/c1-9-5-3-4-6-10(9)13-11(7-8-12(17)18)14(19)16(2)15-13/h3-6,15H,7-8H2,1-2H3,(H,17,18). The lowest BCUT2D eigenvalue weighted by Crippen LogP contribution is -2.16. The van der Waals surface area contributed by atoms with Crippen LogP contribution in [0.1, 0.15) is 17.5 Å². The van der Waals surface area contributed by atoms with Crippen LogP contribution in [0.2, 0.25) is 0 Å². The van der Waals surface area contributed by atoms with E-state index < -0.39 is 5.97 Å². The minimum Gasteiger partial charge on any atom is -0.481 e. The Kier molecular flexibility index (Phi) is 3.55. The first-order chi connectivity index (χ1) is 9.00. The van der Waals surface area contributed by atoms with Gasteiger partial charge in [-0.05, 0) is 18.9 Å². The Hall–Kier alpha value is -2.30. The smallest absolute Gasteiger partial charge is 0.303 e. The molecule has 1 aromatic carbocycles. The molecule has 0 saturated heterocycles. The first kappa shape index (κ1) is 13.1. The highest BCUT2D eigenvalue weighted by atomic mass is 16.4. The van der Waals surface area contributed by atoms with Gasteiger partial charge in [-0.1, -0.05) is 24.3 Å². The Morgan fingerprint density at radius 2 is 2.05 bits per heavy atom. The van der Waals surface area contributed by atoms with Crippen LogP contribution in [0.25, 0.3) is 11.3 Å². The zero-order valence-corrected chi connectivity index (χ0v) is 10.9. The van der Waals surface area contributed by atoms with E-state index in [2.05, 4.69) is 5.10 Å². The van der Waals surface area contributed by atoms with E-state index in [0.717, 1.165) is 11.1 Å². The Morgan fingerprint density at radius 1 is 1.37 bits per heavy atom. The van der Waals surface area contributed by atoms with Gasteiger partial charge in [-0.2, -0.15) is 0 Å². The highest BCUT2D eigenvalue weighted by molar-refractivity contribution is 5.70. The van der Waals surface area contributed by atoms with Gasteiger partial charge in [0.1, 0.15) is 0 Å². The van der Waals surface area contributed by atoms with Gasteiger partial charge >= 0.3 is 5.97 Å². The van der Waals surface area contributed by atoms with Crippen molar-refractivity contribution >= 4 is 5.97 Å². The fourth-order valence-electron chi connectivity index (χ4n) is 2.14. The van der Waals surface area contributed by atoms with Crippen LogP contribution in [0.4, 0.5) is 0 Å². The Balaban J connectivity index is 2.52. The van der Waals surface area contributed by atoms with Crippen molar-refractivity contribution in [2.45, 2.75) is 19.8 Å². The summed E-state index contributed by atoms with van der Waals surface area (Å²) < 4.78 is 1.39. The fraction of sp³-hybridized carbons (Fsp3) is 0.286. The number of carbonyl (C=O) groups is 1. The van der Waals surface area contributed by atoms with E-state index in [0.29, 0.717) is 11.3 Å². The summed E-state index contributed by atoms with van der Waals surface area (Å²) in [6, 6.07) is 7.71. The molecule has 1 heterocycles. The van der Waals surface area contributed by atoms with Crippen LogP contribution in [-0.2, 0) is 18.3 Å². The summed E-state index contributed by atoms with van der Waals surface area (Å²) in [4.78, 5) is 22.7. The fourth-order valence-corrected chi connectivity index (χ4v) is 2.14. The molecular formula is C14H16N2O3. The molecule has 2 aromatic rings. The second-order valence-corrected chi connectivity index (χ2v) is 4.54. The van der Waals surface area contributed by atoms with E-state index in [1.54, 1.807) is 7.05 Å². The van der Waals surface area contributed by atoms with E-state index in [4.69, 9.17) is 5.11 Å². The summed E-state index contributed by atoms with van der Waals surface area (Å²) in [6.07, 6.45) is 0.182. The van der Waals surface area contributed by atoms with Gasteiger partial charge in [-0.25, -0.2) is 0 Å². The minimum atomic E-state index is -0.904. The molecule has 0 aliphatic rings. The van der Waals surface area contributed by atoms with Crippen molar-refractivity contribution in [1.29, 1.82) is 0 Å². The highest BCUT2D eigenvalue weighted by Gasteiger charge is 2.16. The van der Waals surface area contributed by atoms with Crippen molar-refractivity contribution in [3.8, 4) is 11.3 Å². The zero-order valence-electron chi connectivity index (χ0n) is 10.9. The number of aromatic nitrogens is 2. The molecule has 1 aromatic heterocycles. The van der Waals surface area contributed by atoms with Gasteiger partial charge in [0, 0.05) is 24.6 Å². The third-order valence-electron chi connectivity index (χ3n) is 3.15. The maximum absolute atomic E-state index is 12.0. The topological polar surface area (TPSA) is 75.1 Å². The van der Waals surface area contributed by atoms with E-state index >= 15 is 0 Å². The Morgan fingerprint density at radius 3 is 2.68 bits per heavy atom. The summed E-state index contributed by atoms with van der Waals surface area (Å²) in [5.41, 5.74) is 3.05. The van der Waals surface area contributed by atoms with E-state index in [-0.39, 0.29) is 18.4 Å². The molecule has 100 valence electrons. The van der Waals surface area contributed by atoms with Crippen molar-refractivity contribution in [3.05, 3.63) is 45.7 Å². The molecule has 0 bridgehead atoms. The quantitative estimate of drug-likeness (QED) is 0.878. The molecule has 19 heavy (non-hydrogen) atoms. The van der Waals surface area contributed by atoms with E-state index in [1.165, 1.54) is 4.68 Å². The number of aryl methyl sites for hydroxylation is 2. The summed E-state index contributed by atoms with van der Waals surface area (Å²) in [5.74, 6) is -0.904. The van der Waals surface area contributed by atoms with Crippen molar-refractivity contribution in [2.75, 3.05) is 0 Å². The average molecular weight is 260 g/mol.